The van der Waals surface area contributed by atoms with Crippen molar-refractivity contribution in [2.45, 2.75) is 40.4 Å². The fourth-order valence-electron chi connectivity index (χ4n) is 4.31. The third-order valence-electron chi connectivity index (χ3n) is 6.02. The number of carbonyl (C=O) groups excluding carboxylic acids is 2. The SMILES string of the molecule is CCN(CC)C(=O)Cn1ccc2cc(NC(=O)Cn3c(=O)n(CC)c4ccccc43)ccc21. The topological polar surface area (TPSA) is 81.3 Å². The van der Waals surface area contributed by atoms with Crippen LogP contribution in [0.4, 0.5) is 5.69 Å². The molecule has 4 aromatic rings. The highest BCUT2D eigenvalue weighted by molar-refractivity contribution is 5.94. The van der Waals surface area contributed by atoms with Gasteiger partial charge in [0.05, 0.1) is 11.0 Å². The Morgan fingerprint density at radius 1 is 0.879 bits per heavy atom. The minimum absolute atomic E-state index is 0.0657. The average molecular weight is 448 g/mol. The number of imidazole rings is 1. The summed E-state index contributed by atoms with van der Waals surface area (Å²) in [5, 5.41) is 3.83. The second kappa shape index (κ2) is 9.36. The molecule has 0 aliphatic carbocycles. The van der Waals surface area contributed by atoms with Crippen LogP contribution >= 0.6 is 0 Å². The molecular formula is C25H29N5O3. The summed E-state index contributed by atoms with van der Waals surface area (Å²) < 4.78 is 5.08. The summed E-state index contributed by atoms with van der Waals surface area (Å²) in [5.41, 5.74) is 2.94. The highest BCUT2D eigenvalue weighted by Crippen LogP contribution is 2.21. The first-order chi connectivity index (χ1) is 16.0. The molecule has 0 unspecified atom stereocenters. The number of para-hydroxylation sites is 2. The van der Waals surface area contributed by atoms with Gasteiger partial charge < -0.3 is 14.8 Å². The Hall–Kier alpha value is -3.81. The van der Waals surface area contributed by atoms with Crippen LogP contribution in [0.5, 0.6) is 0 Å². The van der Waals surface area contributed by atoms with E-state index in [9.17, 15) is 14.4 Å². The monoisotopic (exact) mass is 447 g/mol. The van der Waals surface area contributed by atoms with Gasteiger partial charge in [-0.15, -0.1) is 0 Å². The second-order valence-electron chi connectivity index (χ2n) is 7.93. The molecule has 0 saturated heterocycles. The van der Waals surface area contributed by atoms with Crippen LogP contribution in [0.3, 0.4) is 0 Å². The largest absolute Gasteiger partial charge is 0.342 e. The molecule has 2 aromatic carbocycles. The zero-order chi connectivity index (χ0) is 23.5. The molecule has 0 bridgehead atoms. The van der Waals surface area contributed by atoms with E-state index in [1.807, 2.05) is 80.1 Å². The Labute approximate surface area is 192 Å². The van der Waals surface area contributed by atoms with Crippen LogP contribution < -0.4 is 11.0 Å². The van der Waals surface area contributed by atoms with Crippen LogP contribution in [0.25, 0.3) is 21.9 Å². The number of carbonyl (C=O) groups is 2. The number of amides is 2. The quantitative estimate of drug-likeness (QED) is 0.450. The van der Waals surface area contributed by atoms with Gasteiger partial charge in [0.2, 0.25) is 11.8 Å². The summed E-state index contributed by atoms with van der Waals surface area (Å²) in [7, 11) is 0. The summed E-state index contributed by atoms with van der Waals surface area (Å²) in [5.74, 6) is -0.196. The molecule has 2 aromatic heterocycles. The van der Waals surface area contributed by atoms with Crippen molar-refractivity contribution in [2.24, 2.45) is 0 Å². The number of nitrogens with one attached hydrogen (secondary N) is 1. The summed E-state index contributed by atoms with van der Waals surface area (Å²) >= 11 is 0. The van der Waals surface area contributed by atoms with Crippen molar-refractivity contribution in [1.82, 2.24) is 18.6 Å². The lowest BCUT2D eigenvalue weighted by molar-refractivity contribution is -0.131. The van der Waals surface area contributed by atoms with Gasteiger partial charge in [0.1, 0.15) is 13.1 Å². The first-order valence-corrected chi connectivity index (χ1v) is 11.3. The lowest BCUT2D eigenvalue weighted by Crippen LogP contribution is -2.33. The predicted octanol–water partition coefficient (Wildman–Crippen LogP) is 3.28. The molecule has 0 aliphatic heterocycles. The fraction of sp³-hybridized carbons (Fsp3) is 0.320. The van der Waals surface area contributed by atoms with E-state index in [-0.39, 0.29) is 30.6 Å². The van der Waals surface area contributed by atoms with E-state index in [1.165, 1.54) is 4.57 Å². The molecule has 0 aliphatic rings. The molecule has 0 fully saturated rings. The molecule has 4 rings (SSSR count). The number of rotatable bonds is 8. The Bertz CT molecular complexity index is 1370. The summed E-state index contributed by atoms with van der Waals surface area (Å²) in [6.07, 6.45) is 1.89. The third-order valence-corrected chi connectivity index (χ3v) is 6.02. The molecule has 2 heterocycles. The first-order valence-electron chi connectivity index (χ1n) is 11.3. The predicted molar refractivity (Wildman–Crippen MR) is 130 cm³/mol. The van der Waals surface area contributed by atoms with Crippen LogP contribution in [0.2, 0.25) is 0 Å². The molecule has 8 heteroatoms. The van der Waals surface area contributed by atoms with Crippen molar-refractivity contribution in [1.29, 1.82) is 0 Å². The Morgan fingerprint density at radius 2 is 1.58 bits per heavy atom. The first kappa shape index (κ1) is 22.4. The van der Waals surface area contributed by atoms with E-state index in [0.29, 0.717) is 25.3 Å². The molecule has 0 radical (unpaired) electrons. The zero-order valence-corrected chi connectivity index (χ0v) is 19.2. The van der Waals surface area contributed by atoms with Crippen molar-refractivity contribution in [3.8, 4) is 0 Å². The van der Waals surface area contributed by atoms with Gasteiger partial charge in [0.25, 0.3) is 0 Å². The Balaban J connectivity index is 1.52. The Kier molecular flexibility index (Phi) is 6.35. The number of fused-ring (bicyclic) bond motifs is 2. The third kappa shape index (κ3) is 4.28. The van der Waals surface area contributed by atoms with Crippen LogP contribution in [-0.4, -0.2) is 43.5 Å². The lowest BCUT2D eigenvalue weighted by Gasteiger charge is -2.19. The number of hydrogen-bond acceptors (Lipinski definition) is 3. The lowest BCUT2D eigenvalue weighted by atomic mass is 10.2. The van der Waals surface area contributed by atoms with E-state index in [2.05, 4.69) is 5.32 Å². The number of anilines is 1. The van der Waals surface area contributed by atoms with Gasteiger partial charge in [-0.25, -0.2) is 4.79 Å². The van der Waals surface area contributed by atoms with Gasteiger partial charge in [-0.3, -0.25) is 18.7 Å². The van der Waals surface area contributed by atoms with Crippen molar-refractivity contribution < 1.29 is 9.59 Å². The van der Waals surface area contributed by atoms with E-state index in [1.54, 1.807) is 9.47 Å². The van der Waals surface area contributed by atoms with Crippen molar-refractivity contribution in [3.05, 3.63) is 65.2 Å². The van der Waals surface area contributed by atoms with Crippen LogP contribution in [0.1, 0.15) is 20.8 Å². The van der Waals surface area contributed by atoms with E-state index < -0.39 is 0 Å². The summed E-state index contributed by atoms with van der Waals surface area (Å²) in [4.78, 5) is 39.8. The van der Waals surface area contributed by atoms with Crippen molar-refractivity contribution >= 4 is 39.4 Å². The molecule has 33 heavy (non-hydrogen) atoms. The van der Waals surface area contributed by atoms with E-state index in [0.717, 1.165) is 21.9 Å². The maximum absolute atomic E-state index is 12.8. The van der Waals surface area contributed by atoms with Gasteiger partial charge in [0.15, 0.2) is 0 Å². The average Bonchev–Trinajstić information content (AvgIpc) is 3.32. The van der Waals surface area contributed by atoms with Gasteiger partial charge in [-0.05, 0) is 57.2 Å². The maximum atomic E-state index is 12.8. The summed E-state index contributed by atoms with van der Waals surface area (Å²) in [6, 6.07) is 15.0. The molecule has 0 saturated carbocycles. The van der Waals surface area contributed by atoms with Gasteiger partial charge in [-0.2, -0.15) is 0 Å². The number of hydrogen-bond donors (Lipinski definition) is 1. The number of benzene rings is 2. The number of aryl methyl sites for hydroxylation is 1. The van der Waals surface area contributed by atoms with Gasteiger partial charge in [-0.1, -0.05) is 12.1 Å². The number of aromatic nitrogens is 3. The molecule has 0 spiro atoms. The van der Waals surface area contributed by atoms with Gasteiger partial charge >= 0.3 is 5.69 Å². The maximum Gasteiger partial charge on any atom is 0.329 e. The molecule has 2 amide bonds. The van der Waals surface area contributed by atoms with Crippen molar-refractivity contribution in [3.63, 3.8) is 0 Å². The standard InChI is InChI=1S/C25H29N5O3/c1-4-27(5-2)24(32)17-28-14-13-18-15-19(11-12-20(18)28)26-23(31)16-30-22-10-8-7-9-21(22)29(6-3)25(30)33/h7-15H,4-6,16-17H2,1-3H3,(H,26,31). The van der Waals surface area contributed by atoms with Crippen LogP contribution in [0.15, 0.2) is 59.5 Å². The number of nitrogens with zero attached hydrogens (tertiary/aromatic N) is 4. The zero-order valence-electron chi connectivity index (χ0n) is 19.2. The normalized spacial score (nSPS) is 11.2. The molecule has 8 nitrogen and oxygen atoms in total. The minimum Gasteiger partial charge on any atom is -0.342 e. The molecular weight excluding hydrogens is 418 g/mol. The second-order valence-corrected chi connectivity index (χ2v) is 7.93. The number of likely N-dealkylation sites (N-methyl/N-ethyl adjacent to an activating group) is 1. The summed E-state index contributed by atoms with van der Waals surface area (Å²) in [6.45, 7) is 7.98. The highest BCUT2D eigenvalue weighted by Gasteiger charge is 2.15. The van der Waals surface area contributed by atoms with Gasteiger partial charge in [0, 0.05) is 42.4 Å². The van der Waals surface area contributed by atoms with E-state index >= 15 is 0 Å². The highest BCUT2D eigenvalue weighted by atomic mass is 16.2. The fourth-order valence-corrected chi connectivity index (χ4v) is 4.31. The molecule has 172 valence electrons. The smallest absolute Gasteiger partial charge is 0.329 e. The Morgan fingerprint density at radius 3 is 2.24 bits per heavy atom. The van der Waals surface area contributed by atoms with Crippen LogP contribution in [0, 0.1) is 0 Å². The molecule has 1 N–H and O–H groups in total. The van der Waals surface area contributed by atoms with Crippen molar-refractivity contribution in [2.75, 3.05) is 18.4 Å². The van der Waals surface area contributed by atoms with Crippen LogP contribution in [-0.2, 0) is 29.2 Å². The minimum atomic E-state index is -0.272. The van der Waals surface area contributed by atoms with E-state index in [4.69, 9.17) is 0 Å². The molecule has 0 atom stereocenters.